The topological polar surface area (TPSA) is 140 Å². The van der Waals surface area contributed by atoms with Crippen LogP contribution in [0.3, 0.4) is 0 Å². The van der Waals surface area contributed by atoms with Crippen molar-refractivity contribution in [1.82, 2.24) is 15.1 Å². The smallest absolute Gasteiger partial charge is 0.414 e. The molecule has 2 aromatic rings. The van der Waals surface area contributed by atoms with Crippen molar-refractivity contribution in [3.63, 3.8) is 0 Å². The predicted molar refractivity (Wildman–Crippen MR) is 149 cm³/mol. The van der Waals surface area contributed by atoms with Gasteiger partial charge in [-0.2, -0.15) is 0 Å². The molecule has 0 aromatic heterocycles. The normalized spacial score (nSPS) is 22.7. The Bertz CT molecular complexity index is 1290. The maximum atomic E-state index is 13.1. The van der Waals surface area contributed by atoms with Crippen LogP contribution in [0.15, 0.2) is 54.6 Å². The summed E-state index contributed by atoms with van der Waals surface area (Å²) in [6.45, 7) is 5.45. The number of carboxylic acids is 2. The Hall–Kier alpha value is -4.12. The number of aliphatic carboxylic acids is 2. The summed E-state index contributed by atoms with van der Waals surface area (Å²) in [5, 5.41) is 17.9. The molecular formula is C30H36N4O7. The molecule has 0 radical (unpaired) electrons. The molecule has 11 heteroatoms. The number of nitrogens with zero attached hydrogens (tertiary/aromatic N) is 3. The molecule has 3 saturated heterocycles. The summed E-state index contributed by atoms with van der Waals surface area (Å²) >= 11 is 0. The molecule has 1 atom stereocenters. The molecule has 0 saturated carbocycles. The first-order valence-electron chi connectivity index (χ1n) is 14.0. The fourth-order valence-corrected chi connectivity index (χ4v) is 6.69. The molecule has 3 fully saturated rings. The SMILES string of the molecule is CC(=O)N1CCC2(CC1)CC(N1CCC3(CC1)C(=O)NCN3c1ccccc1)c1ccccc1O2.O=C(O)C(=O)O. The van der Waals surface area contributed by atoms with E-state index >= 15 is 0 Å². The molecule has 4 heterocycles. The molecule has 2 amide bonds. The highest BCUT2D eigenvalue weighted by Crippen LogP contribution is 2.48. The molecule has 3 N–H and O–H groups in total. The van der Waals surface area contributed by atoms with Crippen LogP contribution in [-0.4, -0.2) is 87.8 Å². The molecule has 0 bridgehead atoms. The van der Waals surface area contributed by atoms with Crippen LogP contribution in [-0.2, 0) is 19.2 Å². The van der Waals surface area contributed by atoms with Crippen LogP contribution in [0.4, 0.5) is 5.69 Å². The average Bonchev–Trinajstić information content (AvgIpc) is 3.28. The number of carbonyl (C=O) groups excluding carboxylic acids is 2. The summed E-state index contributed by atoms with van der Waals surface area (Å²) in [5.41, 5.74) is 1.64. The zero-order valence-corrected chi connectivity index (χ0v) is 23.1. The van der Waals surface area contributed by atoms with Gasteiger partial charge in [0.05, 0.1) is 6.67 Å². The fourth-order valence-electron chi connectivity index (χ4n) is 6.69. The number of fused-ring (bicyclic) bond motifs is 1. The number of amides is 2. The molecular weight excluding hydrogens is 528 g/mol. The zero-order valence-electron chi connectivity index (χ0n) is 23.1. The third-order valence-corrected chi connectivity index (χ3v) is 8.94. The molecule has 11 nitrogen and oxygen atoms in total. The number of nitrogens with one attached hydrogen (secondary N) is 1. The van der Waals surface area contributed by atoms with E-state index in [9.17, 15) is 9.59 Å². The van der Waals surface area contributed by atoms with E-state index in [1.807, 2.05) is 29.2 Å². The van der Waals surface area contributed by atoms with Gasteiger partial charge in [-0.05, 0) is 31.0 Å². The van der Waals surface area contributed by atoms with Gasteiger partial charge in [-0.25, -0.2) is 9.59 Å². The van der Waals surface area contributed by atoms with Crippen LogP contribution in [0.25, 0.3) is 0 Å². The minimum absolute atomic E-state index is 0.145. The predicted octanol–water partition coefficient (Wildman–Crippen LogP) is 2.48. The second-order valence-corrected chi connectivity index (χ2v) is 11.2. The van der Waals surface area contributed by atoms with Gasteiger partial charge in [-0.15, -0.1) is 0 Å². The molecule has 4 aliphatic heterocycles. The standard InChI is InChI=1S/C28H34N4O3.C2H2O4/c1-21(33)30-15-11-27(12-16-30)19-24(23-9-5-6-10-25(23)35-27)31-17-13-28(14-18-31)26(34)29-20-32(28)22-7-3-2-4-8-22;3-1(4)2(5)6/h2-10,24H,11-20H2,1H3,(H,29,34);(H,3,4)(H,5,6). The fraction of sp³-hybridized carbons (Fsp3) is 0.467. The Morgan fingerprint density at radius 2 is 1.49 bits per heavy atom. The van der Waals surface area contributed by atoms with Crippen molar-refractivity contribution in [2.45, 2.75) is 56.2 Å². The first-order valence-corrected chi connectivity index (χ1v) is 14.0. The lowest BCUT2D eigenvalue weighted by Gasteiger charge is -2.51. The van der Waals surface area contributed by atoms with Gasteiger partial charge in [0.1, 0.15) is 16.9 Å². The number of carboxylic acid groups (broad SMARTS) is 2. The van der Waals surface area contributed by atoms with Gasteiger partial charge >= 0.3 is 11.9 Å². The summed E-state index contributed by atoms with van der Waals surface area (Å²) in [7, 11) is 0. The summed E-state index contributed by atoms with van der Waals surface area (Å²) < 4.78 is 6.66. The number of benzene rings is 2. The van der Waals surface area contributed by atoms with Crippen molar-refractivity contribution >= 4 is 29.4 Å². The molecule has 1 unspecified atom stereocenters. The Morgan fingerprint density at radius 1 is 0.878 bits per heavy atom. The second kappa shape index (κ2) is 11.4. The largest absolute Gasteiger partial charge is 0.487 e. The highest BCUT2D eigenvalue weighted by atomic mass is 16.5. The average molecular weight is 565 g/mol. The van der Waals surface area contributed by atoms with E-state index in [0.717, 1.165) is 69.7 Å². The minimum atomic E-state index is -1.82. The molecule has 4 aliphatic rings. The van der Waals surface area contributed by atoms with E-state index in [1.54, 1.807) is 6.92 Å². The Labute approximate surface area is 238 Å². The third kappa shape index (κ3) is 5.58. The zero-order chi connectivity index (χ0) is 29.2. The molecule has 6 rings (SSSR count). The number of carbonyl (C=O) groups is 4. The lowest BCUT2D eigenvalue weighted by atomic mass is 9.78. The van der Waals surface area contributed by atoms with Gasteiger partial charge in [0.15, 0.2) is 0 Å². The lowest BCUT2D eigenvalue weighted by Crippen LogP contribution is -2.58. The van der Waals surface area contributed by atoms with Crippen LogP contribution in [0.5, 0.6) is 5.75 Å². The quantitative estimate of drug-likeness (QED) is 0.470. The molecule has 218 valence electrons. The van der Waals surface area contributed by atoms with E-state index in [-0.39, 0.29) is 23.5 Å². The van der Waals surface area contributed by atoms with Gasteiger partial charge in [-0.3, -0.25) is 14.5 Å². The van der Waals surface area contributed by atoms with Crippen molar-refractivity contribution in [2.24, 2.45) is 0 Å². The maximum Gasteiger partial charge on any atom is 0.414 e. The van der Waals surface area contributed by atoms with E-state index in [4.69, 9.17) is 24.5 Å². The Balaban J connectivity index is 0.000000511. The summed E-state index contributed by atoms with van der Waals surface area (Å²) in [6.07, 6.45) is 4.26. The van der Waals surface area contributed by atoms with Gasteiger partial charge in [-0.1, -0.05) is 36.4 Å². The number of para-hydroxylation sites is 2. The number of ether oxygens (including phenoxy) is 1. The van der Waals surface area contributed by atoms with Crippen molar-refractivity contribution in [3.8, 4) is 5.75 Å². The lowest BCUT2D eigenvalue weighted by molar-refractivity contribution is -0.159. The maximum absolute atomic E-state index is 13.1. The van der Waals surface area contributed by atoms with Crippen LogP contribution >= 0.6 is 0 Å². The van der Waals surface area contributed by atoms with Crippen LogP contribution in [0.2, 0.25) is 0 Å². The van der Waals surface area contributed by atoms with Gasteiger partial charge < -0.3 is 30.1 Å². The van der Waals surface area contributed by atoms with E-state index in [0.29, 0.717) is 6.67 Å². The first-order chi connectivity index (χ1) is 19.6. The van der Waals surface area contributed by atoms with Crippen molar-refractivity contribution in [2.75, 3.05) is 37.7 Å². The van der Waals surface area contributed by atoms with Crippen molar-refractivity contribution in [1.29, 1.82) is 0 Å². The molecule has 2 spiro atoms. The Morgan fingerprint density at radius 3 is 2.10 bits per heavy atom. The van der Waals surface area contributed by atoms with E-state index in [1.165, 1.54) is 5.56 Å². The van der Waals surface area contributed by atoms with E-state index < -0.39 is 17.5 Å². The van der Waals surface area contributed by atoms with Crippen molar-refractivity contribution < 1.29 is 34.1 Å². The number of likely N-dealkylation sites (tertiary alicyclic amines) is 2. The summed E-state index contributed by atoms with van der Waals surface area (Å²) in [6, 6.07) is 19.0. The Kier molecular flexibility index (Phi) is 7.90. The summed E-state index contributed by atoms with van der Waals surface area (Å²) in [4.78, 5) is 50.0. The number of anilines is 1. The number of piperidine rings is 2. The molecule has 0 aliphatic carbocycles. The molecule has 41 heavy (non-hydrogen) atoms. The number of hydrogen-bond acceptors (Lipinski definition) is 7. The van der Waals surface area contributed by atoms with Crippen LogP contribution in [0, 0.1) is 0 Å². The highest BCUT2D eigenvalue weighted by molar-refractivity contribution is 6.27. The second-order valence-electron chi connectivity index (χ2n) is 11.2. The van der Waals surface area contributed by atoms with Crippen LogP contribution < -0.4 is 15.0 Å². The van der Waals surface area contributed by atoms with E-state index in [2.05, 4.69) is 45.4 Å². The van der Waals surface area contributed by atoms with Gasteiger partial charge in [0.2, 0.25) is 11.8 Å². The van der Waals surface area contributed by atoms with Gasteiger partial charge in [0, 0.05) is 69.7 Å². The number of rotatable bonds is 2. The summed E-state index contributed by atoms with van der Waals surface area (Å²) in [5.74, 6) is -2.37. The minimum Gasteiger partial charge on any atom is -0.487 e. The van der Waals surface area contributed by atoms with Crippen LogP contribution in [0.1, 0.15) is 50.6 Å². The monoisotopic (exact) mass is 564 g/mol. The third-order valence-electron chi connectivity index (χ3n) is 8.94. The number of hydrogen-bond donors (Lipinski definition) is 3. The highest BCUT2D eigenvalue weighted by Gasteiger charge is 2.52. The molecule has 2 aromatic carbocycles. The van der Waals surface area contributed by atoms with Crippen molar-refractivity contribution in [3.05, 3.63) is 60.2 Å². The van der Waals surface area contributed by atoms with Gasteiger partial charge in [0.25, 0.3) is 0 Å². The first kappa shape index (κ1) is 28.4.